The Kier molecular flexibility index (Phi) is 5.90. The zero-order valence-electron chi connectivity index (χ0n) is 12.2. The van der Waals surface area contributed by atoms with Crippen LogP contribution in [0.25, 0.3) is 0 Å². The molecule has 2 aromatic rings. The normalized spacial score (nSPS) is 11.8. The van der Waals surface area contributed by atoms with Gasteiger partial charge in [0, 0.05) is 27.5 Å². The van der Waals surface area contributed by atoms with Crippen molar-refractivity contribution in [3.63, 3.8) is 0 Å². The Hall–Kier alpha value is -1.99. The Morgan fingerprint density at radius 1 is 1.17 bits per heavy atom. The standard InChI is InChI=1S/C16H12BrClF2N2O2/c17-13-2-1-10(18)3-8(13)6-14(15(21)23)22-16(24)9-4-11(19)7-12(20)5-9/h1-5,7,14H,6H2,(H2,21,23)(H,22,24)/t14-/m1/s1. The van der Waals surface area contributed by atoms with E-state index in [2.05, 4.69) is 21.2 Å². The molecule has 0 unspecified atom stereocenters. The summed E-state index contributed by atoms with van der Waals surface area (Å²) >= 11 is 9.22. The summed E-state index contributed by atoms with van der Waals surface area (Å²) in [7, 11) is 0. The SMILES string of the molecule is NC(=O)[C@@H](Cc1cc(Cl)ccc1Br)NC(=O)c1cc(F)cc(F)c1. The number of halogens is 4. The maximum absolute atomic E-state index is 13.2. The predicted octanol–water partition coefficient (Wildman–Crippen LogP) is 3.21. The van der Waals surface area contributed by atoms with Gasteiger partial charge in [-0.05, 0) is 35.9 Å². The third kappa shape index (κ3) is 4.75. The van der Waals surface area contributed by atoms with Gasteiger partial charge in [0.1, 0.15) is 17.7 Å². The van der Waals surface area contributed by atoms with Gasteiger partial charge in [0.05, 0.1) is 0 Å². The van der Waals surface area contributed by atoms with Crippen LogP contribution in [0.4, 0.5) is 8.78 Å². The molecule has 126 valence electrons. The van der Waals surface area contributed by atoms with Gasteiger partial charge in [-0.1, -0.05) is 27.5 Å². The largest absolute Gasteiger partial charge is 0.368 e. The van der Waals surface area contributed by atoms with E-state index in [0.29, 0.717) is 21.1 Å². The number of carbonyl (C=O) groups excluding carboxylic acids is 2. The molecule has 4 nitrogen and oxygen atoms in total. The molecule has 0 radical (unpaired) electrons. The van der Waals surface area contributed by atoms with Crippen LogP contribution in [-0.4, -0.2) is 17.9 Å². The zero-order valence-corrected chi connectivity index (χ0v) is 14.5. The Morgan fingerprint density at radius 3 is 2.38 bits per heavy atom. The van der Waals surface area contributed by atoms with Crippen LogP contribution < -0.4 is 11.1 Å². The van der Waals surface area contributed by atoms with Crippen LogP contribution in [0.15, 0.2) is 40.9 Å². The van der Waals surface area contributed by atoms with Crippen LogP contribution in [-0.2, 0) is 11.2 Å². The average Bonchev–Trinajstić information content (AvgIpc) is 2.48. The van der Waals surface area contributed by atoms with Crippen molar-refractivity contribution in [3.8, 4) is 0 Å². The Balaban J connectivity index is 2.20. The van der Waals surface area contributed by atoms with E-state index in [1.54, 1.807) is 18.2 Å². The van der Waals surface area contributed by atoms with E-state index in [9.17, 15) is 18.4 Å². The second-order valence-electron chi connectivity index (χ2n) is 5.03. The molecule has 0 fully saturated rings. The van der Waals surface area contributed by atoms with Crippen molar-refractivity contribution >= 4 is 39.3 Å². The maximum atomic E-state index is 13.2. The van der Waals surface area contributed by atoms with Gasteiger partial charge in [0.15, 0.2) is 0 Å². The molecule has 8 heteroatoms. The Morgan fingerprint density at radius 2 is 1.79 bits per heavy atom. The van der Waals surface area contributed by atoms with E-state index in [4.69, 9.17) is 17.3 Å². The van der Waals surface area contributed by atoms with E-state index in [-0.39, 0.29) is 12.0 Å². The molecule has 0 aliphatic carbocycles. The highest BCUT2D eigenvalue weighted by atomic mass is 79.9. The van der Waals surface area contributed by atoms with Crippen LogP contribution >= 0.6 is 27.5 Å². The minimum atomic E-state index is -1.07. The number of benzene rings is 2. The van der Waals surface area contributed by atoms with Crippen LogP contribution in [0.2, 0.25) is 5.02 Å². The molecule has 0 bridgehead atoms. The summed E-state index contributed by atoms with van der Waals surface area (Å²) in [5, 5.41) is 2.83. The highest BCUT2D eigenvalue weighted by molar-refractivity contribution is 9.10. The molecule has 0 saturated heterocycles. The van der Waals surface area contributed by atoms with Gasteiger partial charge >= 0.3 is 0 Å². The number of amides is 2. The summed E-state index contributed by atoms with van der Waals surface area (Å²) in [5.74, 6) is -3.39. The first-order valence-electron chi connectivity index (χ1n) is 6.76. The quantitative estimate of drug-likeness (QED) is 0.784. The first-order valence-corrected chi connectivity index (χ1v) is 7.93. The van der Waals surface area contributed by atoms with E-state index in [0.717, 1.165) is 12.1 Å². The van der Waals surface area contributed by atoms with Crippen LogP contribution in [0.1, 0.15) is 15.9 Å². The monoisotopic (exact) mass is 416 g/mol. The first kappa shape index (κ1) is 18.4. The van der Waals surface area contributed by atoms with Crippen molar-refractivity contribution in [1.82, 2.24) is 5.32 Å². The lowest BCUT2D eigenvalue weighted by Gasteiger charge is -2.17. The summed E-state index contributed by atoms with van der Waals surface area (Å²) in [4.78, 5) is 23.7. The molecule has 2 aromatic carbocycles. The van der Waals surface area contributed by atoms with Crippen molar-refractivity contribution < 1.29 is 18.4 Å². The number of carbonyl (C=O) groups is 2. The van der Waals surface area contributed by atoms with Gasteiger partial charge in [0.25, 0.3) is 5.91 Å². The fourth-order valence-corrected chi connectivity index (χ4v) is 2.67. The second kappa shape index (κ2) is 7.72. The Bertz CT molecular complexity index is 781. The van der Waals surface area contributed by atoms with Gasteiger partial charge in [0.2, 0.25) is 5.91 Å². The topological polar surface area (TPSA) is 72.2 Å². The molecular formula is C16H12BrClF2N2O2. The fraction of sp³-hybridized carbons (Fsp3) is 0.125. The molecule has 0 aliphatic rings. The molecular weight excluding hydrogens is 406 g/mol. The molecule has 2 amide bonds. The van der Waals surface area contributed by atoms with Crippen molar-refractivity contribution in [2.24, 2.45) is 5.73 Å². The van der Waals surface area contributed by atoms with Crippen LogP contribution in [0.5, 0.6) is 0 Å². The molecule has 0 saturated carbocycles. The average molecular weight is 418 g/mol. The molecule has 2 rings (SSSR count). The molecule has 3 N–H and O–H groups in total. The van der Waals surface area contributed by atoms with E-state index < -0.39 is 29.5 Å². The summed E-state index contributed by atoms with van der Waals surface area (Å²) in [6, 6.07) is 6.28. The second-order valence-corrected chi connectivity index (χ2v) is 6.32. The lowest BCUT2D eigenvalue weighted by atomic mass is 10.0. The van der Waals surface area contributed by atoms with Crippen molar-refractivity contribution in [2.75, 3.05) is 0 Å². The minimum Gasteiger partial charge on any atom is -0.368 e. The number of hydrogen-bond acceptors (Lipinski definition) is 2. The third-order valence-corrected chi connectivity index (χ3v) is 4.21. The van der Waals surface area contributed by atoms with Crippen LogP contribution in [0.3, 0.4) is 0 Å². The predicted molar refractivity (Wildman–Crippen MR) is 89.7 cm³/mol. The number of primary amides is 1. The highest BCUT2D eigenvalue weighted by Gasteiger charge is 2.21. The van der Waals surface area contributed by atoms with Gasteiger partial charge in [-0.15, -0.1) is 0 Å². The zero-order chi connectivity index (χ0) is 17.9. The number of nitrogens with one attached hydrogen (secondary N) is 1. The number of hydrogen-bond donors (Lipinski definition) is 2. The summed E-state index contributed by atoms with van der Waals surface area (Å²) in [6.07, 6.45) is 0.0695. The van der Waals surface area contributed by atoms with Gasteiger partial charge < -0.3 is 11.1 Å². The van der Waals surface area contributed by atoms with Crippen molar-refractivity contribution in [3.05, 3.63) is 68.7 Å². The summed E-state index contributed by atoms with van der Waals surface area (Å²) < 4.78 is 27.1. The number of nitrogens with two attached hydrogens (primary N) is 1. The lowest BCUT2D eigenvalue weighted by molar-refractivity contribution is -0.119. The Labute approximate surface area is 150 Å². The first-order chi connectivity index (χ1) is 11.3. The summed E-state index contributed by atoms with van der Waals surface area (Å²) in [5.41, 5.74) is 5.71. The molecule has 24 heavy (non-hydrogen) atoms. The van der Waals surface area contributed by atoms with Crippen molar-refractivity contribution in [2.45, 2.75) is 12.5 Å². The van der Waals surface area contributed by atoms with E-state index in [1.807, 2.05) is 0 Å². The fourth-order valence-electron chi connectivity index (χ4n) is 2.07. The van der Waals surface area contributed by atoms with Crippen LogP contribution in [0, 0.1) is 11.6 Å². The van der Waals surface area contributed by atoms with Crippen molar-refractivity contribution in [1.29, 1.82) is 0 Å². The smallest absolute Gasteiger partial charge is 0.252 e. The maximum Gasteiger partial charge on any atom is 0.252 e. The van der Waals surface area contributed by atoms with Gasteiger partial charge in [-0.25, -0.2) is 8.78 Å². The molecule has 1 atom stereocenters. The van der Waals surface area contributed by atoms with Gasteiger partial charge in [-0.3, -0.25) is 9.59 Å². The number of rotatable bonds is 5. The summed E-state index contributed by atoms with van der Waals surface area (Å²) in [6.45, 7) is 0. The van der Waals surface area contributed by atoms with Gasteiger partial charge in [-0.2, -0.15) is 0 Å². The minimum absolute atomic E-state index is 0.0695. The highest BCUT2D eigenvalue weighted by Crippen LogP contribution is 2.22. The van der Waals surface area contributed by atoms with E-state index in [1.165, 1.54) is 0 Å². The molecule has 0 aliphatic heterocycles. The molecule has 0 heterocycles. The molecule has 0 aromatic heterocycles. The lowest BCUT2D eigenvalue weighted by Crippen LogP contribution is -2.46. The molecule has 0 spiro atoms. The third-order valence-electron chi connectivity index (χ3n) is 3.21. The van der Waals surface area contributed by atoms with E-state index >= 15 is 0 Å².